The first-order chi connectivity index (χ1) is 14.7. The normalized spacial score (nSPS) is 22.2. The van der Waals surface area contributed by atoms with Gasteiger partial charge in [-0.2, -0.15) is 0 Å². The van der Waals surface area contributed by atoms with E-state index in [2.05, 4.69) is 20.3 Å². The number of nitrogens with zero attached hydrogens (tertiary/aromatic N) is 1. The molecule has 1 saturated carbocycles. The van der Waals surface area contributed by atoms with Crippen molar-refractivity contribution in [2.24, 2.45) is 0 Å². The first kappa shape index (κ1) is 21.3. The van der Waals surface area contributed by atoms with Gasteiger partial charge in [0.15, 0.2) is 12.3 Å². The van der Waals surface area contributed by atoms with Crippen LogP contribution in [-0.2, 0) is 4.79 Å². The predicted octanol–water partition coefficient (Wildman–Crippen LogP) is 2.74. The van der Waals surface area contributed by atoms with Crippen LogP contribution in [0.25, 0.3) is 0 Å². The Kier molecular flexibility index (Phi) is 5.67. The average Bonchev–Trinajstić information content (AvgIpc) is 3.19. The predicted molar refractivity (Wildman–Crippen MR) is 104 cm³/mol. The monoisotopic (exact) mass is 453 g/mol. The maximum absolute atomic E-state index is 12.6. The summed E-state index contributed by atoms with van der Waals surface area (Å²) in [5, 5.41) is 19.5. The minimum absolute atomic E-state index is 0.158. The number of alkyl halides is 2. The van der Waals surface area contributed by atoms with Crippen LogP contribution in [-0.4, -0.2) is 40.3 Å². The van der Waals surface area contributed by atoms with Crippen LogP contribution in [0.15, 0.2) is 46.1 Å². The van der Waals surface area contributed by atoms with Crippen molar-refractivity contribution in [3.63, 3.8) is 0 Å². The Hall–Kier alpha value is -2.98. The number of carbonyl (C=O) groups excluding carboxylic acids is 2. The fourth-order valence-electron chi connectivity index (χ4n) is 3.79. The van der Waals surface area contributed by atoms with E-state index < -0.39 is 35.6 Å². The second-order valence-corrected chi connectivity index (χ2v) is 7.97. The summed E-state index contributed by atoms with van der Waals surface area (Å²) in [5.41, 5.74) is -0.144. The van der Waals surface area contributed by atoms with E-state index in [-0.39, 0.29) is 18.8 Å². The molecule has 5 rings (SSSR count). The van der Waals surface area contributed by atoms with E-state index in [0.29, 0.717) is 29.3 Å². The van der Waals surface area contributed by atoms with Crippen molar-refractivity contribution in [3.05, 3.63) is 58.1 Å². The molecule has 8 nitrogen and oxygen atoms in total. The van der Waals surface area contributed by atoms with E-state index in [9.17, 15) is 23.5 Å². The Balaban J connectivity index is 1.33. The molecule has 3 aliphatic carbocycles. The van der Waals surface area contributed by atoms with Crippen molar-refractivity contribution in [1.29, 1.82) is 0 Å². The second kappa shape index (κ2) is 8.27. The third-order valence-electron chi connectivity index (χ3n) is 5.21. The van der Waals surface area contributed by atoms with Crippen molar-refractivity contribution in [2.45, 2.75) is 37.3 Å². The van der Waals surface area contributed by atoms with Gasteiger partial charge in [-0.05, 0) is 42.7 Å². The molecule has 2 bridgehead atoms. The van der Waals surface area contributed by atoms with Crippen molar-refractivity contribution >= 4 is 23.4 Å². The highest BCUT2D eigenvalue weighted by atomic mass is 35.5. The van der Waals surface area contributed by atoms with Crippen LogP contribution < -0.4 is 15.4 Å². The number of carbonyl (C=O) groups is 2. The Bertz CT molecular complexity index is 1030. The molecule has 0 unspecified atom stereocenters. The molecule has 1 aromatic carbocycles. The van der Waals surface area contributed by atoms with E-state index in [1.807, 2.05) is 0 Å². The zero-order chi connectivity index (χ0) is 22.2. The minimum Gasteiger partial charge on any atom is -0.484 e. The second-order valence-electron chi connectivity index (χ2n) is 7.53. The van der Waals surface area contributed by atoms with Crippen LogP contribution in [0.1, 0.15) is 41.9 Å². The minimum atomic E-state index is -2.84. The maximum Gasteiger partial charge on any atom is 0.290 e. The number of aromatic nitrogens is 1. The SMILES string of the molecule is O=C(COc1ccc(Cl)cc1)NC1=C2CC(NC(=O)c3cc(C(F)F)no3)(C2)C[C@@H]1O. The highest BCUT2D eigenvalue weighted by Gasteiger charge is 2.50. The molecule has 1 heterocycles. The molecule has 2 aromatic rings. The highest BCUT2D eigenvalue weighted by molar-refractivity contribution is 6.30. The summed E-state index contributed by atoms with van der Waals surface area (Å²) >= 11 is 5.80. The van der Waals surface area contributed by atoms with Gasteiger partial charge in [0.1, 0.15) is 5.75 Å². The lowest BCUT2D eigenvalue weighted by atomic mass is 9.63. The standard InChI is InChI=1S/C20H18ClF2N3O5/c21-11-1-3-12(4-2-11)30-9-16(28)24-17-10-6-20(7-10,8-14(17)27)25-19(29)15-5-13(18(22)23)26-31-15/h1-5,14,18,27H,6-9H2,(H,24,28)(H,25,29)/t14-/m0/s1. The zero-order valence-corrected chi connectivity index (χ0v) is 16.8. The van der Waals surface area contributed by atoms with Crippen molar-refractivity contribution < 1.29 is 32.7 Å². The van der Waals surface area contributed by atoms with Crippen molar-refractivity contribution in [1.82, 2.24) is 15.8 Å². The molecule has 1 aromatic heterocycles. The summed E-state index contributed by atoms with van der Waals surface area (Å²) < 4.78 is 35.3. The number of rotatable bonds is 7. The number of nitrogens with one attached hydrogen (secondary N) is 2. The number of fused-ring (bicyclic) bond motifs is 2. The quantitative estimate of drug-likeness (QED) is 0.594. The first-order valence-electron chi connectivity index (χ1n) is 9.40. The molecule has 3 N–H and O–H groups in total. The van der Waals surface area contributed by atoms with Gasteiger partial charge in [-0.25, -0.2) is 8.78 Å². The molecule has 1 atom stereocenters. The number of hydrogen-bond donors (Lipinski definition) is 3. The van der Waals surface area contributed by atoms with Gasteiger partial charge in [0.25, 0.3) is 18.2 Å². The fourth-order valence-corrected chi connectivity index (χ4v) is 3.91. The van der Waals surface area contributed by atoms with Gasteiger partial charge in [0, 0.05) is 23.2 Å². The largest absolute Gasteiger partial charge is 0.484 e. The van der Waals surface area contributed by atoms with Gasteiger partial charge in [-0.1, -0.05) is 16.8 Å². The molecule has 0 spiro atoms. The number of benzene rings is 1. The van der Waals surface area contributed by atoms with Gasteiger partial charge in [-0.3, -0.25) is 9.59 Å². The Morgan fingerprint density at radius 3 is 2.65 bits per heavy atom. The maximum atomic E-state index is 12.6. The van der Waals surface area contributed by atoms with Gasteiger partial charge >= 0.3 is 0 Å². The summed E-state index contributed by atoms with van der Waals surface area (Å²) in [6.07, 6.45) is -2.85. The number of aliphatic hydroxyl groups is 1. The van der Waals surface area contributed by atoms with E-state index in [0.717, 1.165) is 11.6 Å². The number of hydrogen-bond acceptors (Lipinski definition) is 6. The van der Waals surface area contributed by atoms with Crippen LogP contribution in [0.3, 0.4) is 0 Å². The molecule has 31 heavy (non-hydrogen) atoms. The molecule has 1 fully saturated rings. The lowest BCUT2D eigenvalue weighted by Crippen LogP contribution is -2.61. The molecular formula is C20H18ClF2N3O5. The summed E-state index contributed by atoms with van der Waals surface area (Å²) in [4.78, 5) is 24.5. The smallest absolute Gasteiger partial charge is 0.290 e. The average molecular weight is 454 g/mol. The summed E-state index contributed by atoms with van der Waals surface area (Å²) in [7, 11) is 0. The molecule has 164 valence electrons. The van der Waals surface area contributed by atoms with E-state index in [1.165, 1.54) is 0 Å². The number of amides is 2. The van der Waals surface area contributed by atoms with E-state index in [4.69, 9.17) is 16.3 Å². The van der Waals surface area contributed by atoms with Gasteiger partial charge in [0.2, 0.25) is 5.76 Å². The van der Waals surface area contributed by atoms with Crippen LogP contribution in [0.5, 0.6) is 5.75 Å². The molecule has 3 aliphatic rings. The topological polar surface area (TPSA) is 114 Å². The van der Waals surface area contributed by atoms with Crippen LogP contribution in [0, 0.1) is 0 Å². The van der Waals surface area contributed by atoms with E-state index in [1.54, 1.807) is 24.3 Å². The number of halogens is 3. The number of ether oxygens (including phenoxy) is 1. The summed E-state index contributed by atoms with van der Waals surface area (Å²) in [5.74, 6) is -0.958. The molecule has 0 aliphatic heterocycles. The lowest BCUT2D eigenvalue weighted by Gasteiger charge is -2.51. The highest BCUT2D eigenvalue weighted by Crippen LogP contribution is 2.48. The van der Waals surface area contributed by atoms with Crippen LogP contribution in [0.2, 0.25) is 5.02 Å². The van der Waals surface area contributed by atoms with Crippen LogP contribution >= 0.6 is 11.6 Å². The summed E-state index contributed by atoms with van der Waals surface area (Å²) in [6, 6.07) is 7.43. The summed E-state index contributed by atoms with van der Waals surface area (Å²) in [6.45, 7) is -0.245. The van der Waals surface area contributed by atoms with Gasteiger partial charge in [0.05, 0.1) is 11.6 Å². The van der Waals surface area contributed by atoms with Crippen molar-refractivity contribution in [2.75, 3.05) is 6.61 Å². The molecule has 2 amide bonds. The molecule has 11 heteroatoms. The zero-order valence-electron chi connectivity index (χ0n) is 16.0. The Morgan fingerprint density at radius 1 is 1.32 bits per heavy atom. The number of aliphatic hydroxyl groups excluding tert-OH is 1. The Labute approximate surface area is 180 Å². The fraction of sp³-hybridized carbons (Fsp3) is 0.350. The molecule has 0 radical (unpaired) electrons. The third kappa shape index (κ3) is 4.54. The lowest BCUT2D eigenvalue weighted by molar-refractivity contribution is -0.123. The molecule has 0 saturated heterocycles. The van der Waals surface area contributed by atoms with E-state index >= 15 is 0 Å². The third-order valence-corrected chi connectivity index (χ3v) is 5.47. The Morgan fingerprint density at radius 2 is 2.03 bits per heavy atom. The van der Waals surface area contributed by atoms with Gasteiger partial charge in [-0.15, -0.1) is 0 Å². The first-order valence-corrected chi connectivity index (χ1v) is 9.78. The van der Waals surface area contributed by atoms with Gasteiger partial charge < -0.3 is 25.0 Å². The molecular weight excluding hydrogens is 436 g/mol. The van der Waals surface area contributed by atoms with Crippen molar-refractivity contribution in [3.8, 4) is 5.75 Å². The van der Waals surface area contributed by atoms with Crippen LogP contribution in [0.4, 0.5) is 8.78 Å².